The number of rotatable bonds is 10. The van der Waals surface area contributed by atoms with E-state index in [0.717, 1.165) is 58.9 Å². The molecular formula is C29H34N6O4S2. The predicted octanol–water partition coefficient (Wildman–Crippen LogP) is 5.61. The van der Waals surface area contributed by atoms with E-state index in [1.54, 1.807) is 4.68 Å². The lowest BCUT2D eigenvalue weighted by atomic mass is 9.95. The number of hydrogen-bond acceptors (Lipinski definition) is 9. The second kappa shape index (κ2) is 12.5. The van der Waals surface area contributed by atoms with Crippen molar-refractivity contribution in [3.63, 3.8) is 0 Å². The summed E-state index contributed by atoms with van der Waals surface area (Å²) in [5.41, 5.74) is 4.02. The first-order chi connectivity index (χ1) is 19.7. The molecule has 3 aromatic heterocycles. The number of carbonyl (C=O) groups excluding carboxylic acids is 2. The van der Waals surface area contributed by atoms with Crippen molar-refractivity contribution in [2.45, 2.75) is 64.6 Å². The van der Waals surface area contributed by atoms with Crippen LogP contribution >= 0.6 is 23.1 Å². The normalized spacial score (nSPS) is 12.8. The van der Waals surface area contributed by atoms with Crippen molar-refractivity contribution >= 4 is 40.0 Å². The summed E-state index contributed by atoms with van der Waals surface area (Å²) in [6.07, 6.45) is 3.59. The fourth-order valence-electron chi connectivity index (χ4n) is 4.88. The van der Waals surface area contributed by atoms with Gasteiger partial charge < -0.3 is 14.8 Å². The van der Waals surface area contributed by atoms with Crippen molar-refractivity contribution in [3.8, 4) is 23.0 Å². The number of amides is 1. The number of nitrogens with zero attached hydrogens (tertiary/aromatic N) is 5. The van der Waals surface area contributed by atoms with Crippen LogP contribution in [0.3, 0.4) is 0 Å². The lowest BCUT2D eigenvalue weighted by Gasteiger charge is -2.14. The summed E-state index contributed by atoms with van der Waals surface area (Å²) in [7, 11) is 1.86. The average Bonchev–Trinajstić information content (AvgIpc) is 3.61. The van der Waals surface area contributed by atoms with Gasteiger partial charge in [0.2, 0.25) is 5.91 Å². The van der Waals surface area contributed by atoms with Crippen LogP contribution in [0.2, 0.25) is 0 Å². The molecule has 12 heteroatoms. The fourth-order valence-corrected chi connectivity index (χ4v) is 6.92. The third kappa shape index (κ3) is 6.33. The third-order valence-electron chi connectivity index (χ3n) is 6.57. The highest BCUT2D eigenvalue weighted by Gasteiger charge is 2.28. The van der Waals surface area contributed by atoms with Crippen molar-refractivity contribution in [2.24, 2.45) is 7.05 Å². The van der Waals surface area contributed by atoms with Crippen LogP contribution in [-0.4, -0.2) is 54.9 Å². The molecule has 0 unspecified atom stereocenters. The summed E-state index contributed by atoms with van der Waals surface area (Å²) in [4.78, 5) is 27.4. The van der Waals surface area contributed by atoms with Gasteiger partial charge in [0.15, 0.2) is 11.0 Å². The number of hydrogen-bond donors (Lipinski definition) is 1. The average molecular weight is 595 g/mol. The number of fused-ring (bicyclic) bond motifs is 1. The highest BCUT2D eigenvalue weighted by atomic mass is 32.2. The van der Waals surface area contributed by atoms with Gasteiger partial charge in [0.1, 0.15) is 16.4 Å². The largest absolute Gasteiger partial charge is 0.494 e. The van der Waals surface area contributed by atoms with E-state index in [9.17, 15) is 9.59 Å². The van der Waals surface area contributed by atoms with E-state index >= 15 is 0 Å². The minimum Gasteiger partial charge on any atom is -0.494 e. The summed E-state index contributed by atoms with van der Waals surface area (Å²) in [6.45, 7) is 8.10. The Bertz CT molecular complexity index is 1550. The standard InChI is InChI=1S/C29H34N6O4S2/c1-6-38-20-13-11-19(12-14-20)35-26(22-15-18(4)33-34(22)5)31-32-29(35)40-16-24(36)30-27-25(28(37)39-17(2)3)21-9-7-8-10-23(21)41-27/h11-15,17H,6-10,16H2,1-5H3,(H,30,36). The van der Waals surface area contributed by atoms with Crippen LogP contribution in [0.4, 0.5) is 5.00 Å². The zero-order valence-corrected chi connectivity index (χ0v) is 25.5. The molecular weight excluding hydrogens is 560 g/mol. The molecule has 0 aliphatic heterocycles. The maximum absolute atomic E-state index is 13.2. The van der Waals surface area contributed by atoms with Gasteiger partial charge in [0.25, 0.3) is 0 Å². The van der Waals surface area contributed by atoms with E-state index in [-0.39, 0.29) is 23.7 Å². The van der Waals surface area contributed by atoms with Crippen molar-refractivity contribution in [1.29, 1.82) is 0 Å². The number of thioether (sulfide) groups is 1. The molecule has 0 radical (unpaired) electrons. The van der Waals surface area contributed by atoms with Gasteiger partial charge in [-0.15, -0.1) is 21.5 Å². The van der Waals surface area contributed by atoms with Crippen LogP contribution in [0.25, 0.3) is 17.2 Å². The fraction of sp³-hybridized carbons (Fsp3) is 0.414. The Hall–Kier alpha value is -3.64. The van der Waals surface area contributed by atoms with Gasteiger partial charge in [-0.2, -0.15) is 5.10 Å². The number of anilines is 1. The van der Waals surface area contributed by atoms with E-state index in [4.69, 9.17) is 9.47 Å². The van der Waals surface area contributed by atoms with Gasteiger partial charge in [0.05, 0.1) is 35.4 Å². The second-order valence-electron chi connectivity index (χ2n) is 10.1. The molecule has 1 aliphatic rings. The Morgan fingerprint density at radius 3 is 2.59 bits per heavy atom. The molecule has 1 N–H and O–H groups in total. The van der Waals surface area contributed by atoms with Crippen molar-refractivity contribution < 1.29 is 19.1 Å². The highest BCUT2D eigenvalue weighted by Crippen LogP contribution is 2.39. The summed E-state index contributed by atoms with van der Waals surface area (Å²) in [5.74, 6) is 0.854. The Morgan fingerprint density at radius 1 is 1.15 bits per heavy atom. The number of thiophene rings is 1. The van der Waals surface area contributed by atoms with E-state index in [2.05, 4.69) is 20.6 Å². The van der Waals surface area contributed by atoms with Gasteiger partial charge in [0, 0.05) is 11.9 Å². The van der Waals surface area contributed by atoms with Gasteiger partial charge >= 0.3 is 5.97 Å². The lowest BCUT2D eigenvalue weighted by Crippen LogP contribution is -2.19. The molecule has 10 nitrogen and oxygen atoms in total. The molecule has 4 aromatic rings. The number of benzene rings is 1. The maximum atomic E-state index is 13.2. The molecule has 0 spiro atoms. The Kier molecular flexibility index (Phi) is 8.79. The van der Waals surface area contributed by atoms with Gasteiger partial charge in [-0.25, -0.2) is 4.79 Å². The van der Waals surface area contributed by atoms with Gasteiger partial charge in [-0.1, -0.05) is 11.8 Å². The topological polar surface area (TPSA) is 113 Å². The molecule has 0 atom stereocenters. The predicted molar refractivity (Wildman–Crippen MR) is 160 cm³/mol. The first-order valence-electron chi connectivity index (χ1n) is 13.7. The first-order valence-corrected chi connectivity index (χ1v) is 15.5. The molecule has 0 saturated heterocycles. The Balaban J connectivity index is 1.40. The van der Waals surface area contributed by atoms with Crippen LogP contribution in [0.15, 0.2) is 35.5 Å². The van der Waals surface area contributed by atoms with Crippen molar-refractivity contribution in [2.75, 3.05) is 17.7 Å². The zero-order valence-electron chi connectivity index (χ0n) is 23.9. The molecule has 3 heterocycles. The third-order valence-corrected chi connectivity index (χ3v) is 8.71. The summed E-state index contributed by atoms with van der Waals surface area (Å²) >= 11 is 2.76. The molecule has 1 aromatic carbocycles. The van der Waals surface area contributed by atoms with E-state index in [1.807, 2.05) is 69.6 Å². The van der Waals surface area contributed by atoms with Crippen LogP contribution in [-0.2, 0) is 29.4 Å². The number of carbonyl (C=O) groups is 2. The molecule has 0 saturated carbocycles. The van der Waals surface area contributed by atoms with E-state index in [1.165, 1.54) is 23.1 Å². The molecule has 1 amide bonds. The maximum Gasteiger partial charge on any atom is 0.341 e. The van der Waals surface area contributed by atoms with Crippen molar-refractivity contribution in [1.82, 2.24) is 24.5 Å². The van der Waals surface area contributed by atoms with Crippen LogP contribution in [0, 0.1) is 6.92 Å². The minimum atomic E-state index is -0.381. The number of esters is 1. The molecule has 41 heavy (non-hydrogen) atoms. The number of ether oxygens (including phenoxy) is 2. The number of nitrogens with one attached hydrogen (secondary N) is 1. The van der Waals surface area contributed by atoms with Crippen LogP contribution < -0.4 is 10.1 Å². The first kappa shape index (κ1) is 28.9. The molecule has 0 bridgehead atoms. The smallest absolute Gasteiger partial charge is 0.341 e. The zero-order chi connectivity index (χ0) is 29.1. The summed E-state index contributed by atoms with van der Waals surface area (Å²) < 4.78 is 14.8. The van der Waals surface area contributed by atoms with Crippen LogP contribution in [0.5, 0.6) is 5.75 Å². The van der Waals surface area contributed by atoms with Crippen LogP contribution in [0.1, 0.15) is 60.1 Å². The second-order valence-corrected chi connectivity index (χ2v) is 12.1. The molecule has 1 aliphatic carbocycles. The number of aryl methyl sites for hydroxylation is 3. The molecule has 216 valence electrons. The number of aromatic nitrogens is 5. The van der Waals surface area contributed by atoms with Gasteiger partial charge in [-0.05, 0) is 89.3 Å². The quantitative estimate of drug-likeness (QED) is 0.186. The van der Waals surface area contributed by atoms with Crippen molar-refractivity contribution in [3.05, 3.63) is 52.0 Å². The Labute approximate surface area is 247 Å². The molecule has 5 rings (SSSR count). The SMILES string of the molecule is CCOc1ccc(-n2c(SCC(=O)Nc3sc4c(c3C(=O)OC(C)C)CCCC4)nnc2-c2cc(C)nn2C)cc1. The monoisotopic (exact) mass is 594 g/mol. The van der Waals surface area contributed by atoms with E-state index in [0.29, 0.717) is 28.2 Å². The Morgan fingerprint density at radius 2 is 1.90 bits per heavy atom. The minimum absolute atomic E-state index is 0.0841. The summed E-state index contributed by atoms with van der Waals surface area (Å²) in [6, 6.07) is 9.62. The summed E-state index contributed by atoms with van der Waals surface area (Å²) in [5, 5.41) is 17.5. The van der Waals surface area contributed by atoms with Gasteiger partial charge in [-0.3, -0.25) is 14.0 Å². The highest BCUT2D eigenvalue weighted by molar-refractivity contribution is 7.99. The lowest BCUT2D eigenvalue weighted by molar-refractivity contribution is -0.113. The molecule has 0 fully saturated rings. The van der Waals surface area contributed by atoms with E-state index < -0.39 is 0 Å².